The minimum Gasteiger partial charge on any atom is -0.481 e. The third kappa shape index (κ3) is 3.40. The molecule has 0 amide bonds. The lowest BCUT2D eigenvalue weighted by atomic mass is 9.83. The standard InChI is InChI=1S/C13H15F3N2O4/c14-13(15,16)12-11-7(6-10(21)22)2-1-3-8(11)18(17-12)5-4-9(19)20/h7H,1-6H2,(H,19,20)(H,21,22). The molecule has 1 unspecified atom stereocenters. The first-order chi connectivity index (χ1) is 10.2. The second-order valence-electron chi connectivity index (χ2n) is 5.26. The normalized spacial score (nSPS) is 18.0. The van der Waals surface area contributed by atoms with Crippen LogP contribution in [0.15, 0.2) is 0 Å². The molecule has 0 fully saturated rings. The number of rotatable bonds is 5. The van der Waals surface area contributed by atoms with Gasteiger partial charge in [0.25, 0.3) is 0 Å². The van der Waals surface area contributed by atoms with Crippen LogP contribution < -0.4 is 0 Å². The second-order valence-corrected chi connectivity index (χ2v) is 5.26. The summed E-state index contributed by atoms with van der Waals surface area (Å²) in [7, 11) is 0. The van der Waals surface area contributed by atoms with Gasteiger partial charge in [-0.05, 0) is 25.2 Å². The predicted molar refractivity (Wildman–Crippen MR) is 67.4 cm³/mol. The van der Waals surface area contributed by atoms with Crippen LogP contribution in [0.5, 0.6) is 0 Å². The van der Waals surface area contributed by atoms with E-state index in [1.54, 1.807) is 0 Å². The van der Waals surface area contributed by atoms with Crippen LogP contribution in [0.1, 0.15) is 48.6 Å². The molecule has 122 valence electrons. The van der Waals surface area contributed by atoms with Crippen molar-refractivity contribution in [1.29, 1.82) is 0 Å². The number of halogens is 3. The number of aliphatic carboxylic acids is 2. The van der Waals surface area contributed by atoms with E-state index in [0.29, 0.717) is 25.0 Å². The number of fused-ring (bicyclic) bond motifs is 1. The highest BCUT2D eigenvalue weighted by atomic mass is 19.4. The number of aryl methyl sites for hydroxylation is 1. The van der Waals surface area contributed by atoms with Gasteiger partial charge in [-0.1, -0.05) is 0 Å². The number of aromatic nitrogens is 2. The minimum atomic E-state index is -4.69. The van der Waals surface area contributed by atoms with Crippen molar-refractivity contribution in [3.63, 3.8) is 0 Å². The highest BCUT2D eigenvalue weighted by Gasteiger charge is 2.42. The van der Waals surface area contributed by atoms with Gasteiger partial charge >= 0.3 is 18.1 Å². The number of carbonyl (C=O) groups is 2. The maximum absolute atomic E-state index is 13.2. The summed E-state index contributed by atoms with van der Waals surface area (Å²) in [5.74, 6) is -3.03. The van der Waals surface area contributed by atoms with Crippen molar-refractivity contribution in [2.24, 2.45) is 0 Å². The van der Waals surface area contributed by atoms with Crippen LogP contribution in [0.25, 0.3) is 0 Å². The number of alkyl halides is 3. The van der Waals surface area contributed by atoms with E-state index in [-0.39, 0.29) is 24.9 Å². The maximum Gasteiger partial charge on any atom is 0.435 e. The van der Waals surface area contributed by atoms with Gasteiger partial charge in [-0.25, -0.2) is 0 Å². The predicted octanol–water partition coefficient (Wildman–Crippen LogP) is 2.27. The van der Waals surface area contributed by atoms with E-state index < -0.39 is 29.7 Å². The summed E-state index contributed by atoms with van der Waals surface area (Å²) in [5.41, 5.74) is -0.851. The molecule has 1 atom stereocenters. The van der Waals surface area contributed by atoms with E-state index in [1.165, 1.54) is 0 Å². The third-order valence-electron chi connectivity index (χ3n) is 3.70. The molecule has 0 bridgehead atoms. The Morgan fingerprint density at radius 2 is 1.95 bits per heavy atom. The van der Waals surface area contributed by atoms with Crippen LogP contribution in [0.4, 0.5) is 13.2 Å². The van der Waals surface area contributed by atoms with E-state index in [2.05, 4.69) is 5.10 Å². The highest BCUT2D eigenvalue weighted by Crippen LogP contribution is 2.42. The number of nitrogens with zero attached hydrogens (tertiary/aromatic N) is 2. The van der Waals surface area contributed by atoms with Gasteiger partial charge in [0.1, 0.15) is 0 Å². The molecule has 0 spiro atoms. The van der Waals surface area contributed by atoms with Crippen molar-refractivity contribution >= 4 is 11.9 Å². The monoisotopic (exact) mass is 320 g/mol. The summed E-state index contributed by atoms with van der Waals surface area (Å²) in [6.07, 6.45) is -4.16. The van der Waals surface area contributed by atoms with Gasteiger partial charge in [0.2, 0.25) is 0 Å². The molecule has 0 aliphatic heterocycles. The number of carboxylic acids is 2. The van der Waals surface area contributed by atoms with Crippen LogP contribution in [-0.2, 0) is 28.7 Å². The molecule has 0 saturated carbocycles. The van der Waals surface area contributed by atoms with Gasteiger partial charge in [0.05, 0.1) is 19.4 Å². The summed E-state index contributed by atoms with van der Waals surface area (Å²) in [4.78, 5) is 21.5. The van der Waals surface area contributed by atoms with Crippen molar-refractivity contribution in [2.45, 2.75) is 50.7 Å². The van der Waals surface area contributed by atoms with Crippen molar-refractivity contribution in [2.75, 3.05) is 0 Å². The smallest absolute Gasteiger partial charge is 0.435 e. The van der Waals surface area contributed by atoms with Crippen molar-refractivity contribution in [1.82, 2.24) is 9.78 Å². The molecule has 2 N–H and O–H groups in total. The number of carboxylic acid groups (broad SMARTS) is 2. The SMILES string of the molecule is O=C(O)CCn1nc(C(F)(F)F)c2c1CCCC2CC(=O)O. The van der Waals surface area contributed by atoms with Crippen molar-refractivity contribution in [3.05, 3.63) is 17.0 Å². The Kier molecular flexibility index (Phi) is 4.43. The van der Waals surface area contributed by atoms with E-state index in [1.807, 2.05) is 0 Å². The molecule has 0 aromatic carbocycles. The molecule has 1 aromatic heterocycles. The second kappa shape index (κ2) is 5.98. The first kappa shape index (κ1) is 16.3. The fourth-order valence-corrected chi connectivity index (χ4v) is 2.87. The third-order valence-corrected chi connectivity index (χ3v) is 3.70. The molecule has 2 rings (SSSR count). The zero-order valence-corrected chi connectivity index (χ0v) is 11.6. The van der Waals surface area contributed by atoms with Crippen LogP contribution in [0, 0.1) is 0 Å². The molecule has 1 aliphatic rings. The summed E-state index contributed by atoms with van der Waals surface area (Å²) in [5, 5.41) is 21.1. The zero-order valence-electron chi connectivity index (χ0n) is 11.6. The first-order valence-corrected chi connectivity index (χ1v) is 6.80. The van der Waals surface area contributed by atoms with Crippen molar-refractivity contribution in [3.8, 4) is 0 Å². The average molecular weight is 320 g/mol. The van der Waals surface area contributed by atoms with Gasteiger partial charge in [0.15, 0.2) is 5.69 Å². The van der Waals surface area contributed by atoms with Gasteiger partial charge in [-0.2, -0.15) is 18.3 Å². The summed E-state index contributed by atoms with van der Waals surface area (Å²) in [6, 6.07) is 0. The van der Waals surface area contributed by atoms with E-state index in [9.17, 15) is 22.8 Å². The van der Waals surface area contributed by atoms with Crippen LogP contribution in [-0.4, -0.2) is 31.9 Å². The van der Waals surface area contributed by atoms with Gasteiger partial charge in [-0.3, -0.25) is 14.3 Å². The first-order valence-electron chi connectivity index (χ1n) is 6.80. The molecular weight excluding hydrogens is 305 g/mol. The Bertz CT molecular complexity index is 595. The van der Waals surface area contributed by atoms with Crippen molar-refractivity contribution < 1.29 is 33.0 Å². The summed E-state index contributed by atoms with van der Waals surface area (Å²) >= 11 is 0. The highest BCUT2D eigenvalue weighted by molar-refractivity contribution is 5.68. The Balaban J connectivity index is 2.46. The average Bonchev–Trinajstić information content (AvgIpc) is 2.75. The van der Waals surface area contributed by atoms with Gasteiger partial charge in [-0.15, -0.1) is 0 Å². The Hall–Kier alpha value is -2.06. The molecule has 1 aliphatic carbocycles. The topological polar surface area (TPSA) is 92.4 Å². The lowest BCUT2D eigenvalue weighted by molar-refractivity contribution is -0.143. The largest absolute Gasteiger partial charge is 0.481 e. The van der Waals surface area contributed by atoms with Crippen LogP contribution in [0.2, 0.25) is 0 Å². The molecule has 9 heteroatoms. The molecule has 1 heterocycles. The molecule has 0 saturated heterocycles. The minimum absolute atomic E-state index is 0.0773. The molecule has 22 heavy (non-hydrogen) atoms. The fraction of sp³-hybridized carbons (Fsp3) is 0.615. The fourth-order valence-electron chi connectivity index (χ4n) is 2.87. The van der Waals surface area contributed by atoms with Gasteiger partial charge in [0, 0.05) is 11.3 Å². The Morgan fingerprint density at radius 1 is 1.27 bits per heavy atom. The quantitative estimate of drug-likeness (QED) is 0.868. The maximum atomic E-state index is 13.2. The summed E-state index contributed by atoms with van der Waals surface area (Å²) < 4.78 is 40.5. The molecular formula is C13H15F3N2O4. The number of hydrogen-bond donors (Lipinski definition) is 2. The van der Waals surface area contributed by atoms with Crippen LogP contribution >= 0.6 is 0 Å². The molecule has 6 nitrogen and oxygen atoms in total. The molecule has 1 aromatic rings. The Labute approximate surface area is 123 Å². The zero-order chi connectivity index (χ0) is 16.5. The summed E-state index contributed by atoms with van der Waals surface area (Å²) in [6.45, 7) is -0.159. The van der Waals surface area contributed by atoms with E-state index >= 15 is 0 Å². The van der Waals surface area contributed by atoms with E-state index in [4.69, 9.17) is 10.2 Å². The Morgan fingerprint density at radius 3 is 2.50 bits per heavy atom. The van der Waals surface area contributed by atoms with Crippen LogP contribution in [0.3, 0.4) is 0 Å². The molecule has 0 radical (unpaired) electrons. The van der Waals surface area contributed by atoms with E-state index in [0.717, 1.165) is 4.68 Å². The number of hydrogen-bond acceptors (Lipinski definition) is 3. The van der Waals surface area contributed by atoms with Gasteiger partial charge < -0.3 is 10.2 Å². The lowest BCUT2D eigenvalue weighted by Gasteiger charge is -2.23. The lowest BCUT2D eigenvalue weighted by Crippen LogP contribution is -2.18.